The summed E-state index contributed by atoms with van der Waals surface area (Å²) >= 11 is 0. The maximum absolute atomic E-state index is 14.0. The molecule has 0 fully saturated rings. The average Bonchev–Trinajstić information content (AvgIpc) is 2.89. The molecule has 0 heterocycles. The molecule has 4 aromatic carbocycles. The molecular weight excluding hydrogens is 441 g/mol. The van der Waals surface area contributed by atoms with Crippen LogP contribution >= 0.6 is 6.89 Å². The van der Waals surface area contributed by atoms with Gasteiger partial charge in [-0.05, 0) is 41.9 Å². The van der Waals surface area contributed by atoms with Crippen LogP contribution in [-0.2, 0) is 14.3 Å². The van der Waals surface area contributed by atoms with Gasteiger partial charge in [-0.25, -0.2) is 4.79 Å². The van der Waals surface area contributed by atoms with Crippen LogP contribution in [0.15, 0.2) is 121 Å². The average molecular weight is 468 g/mol. The van der Waals surface area contributed by atoms with Crippen LogP contribution in [0.1, 0.15) is 6.92 Å². The first kappa shape index (κ1) is 23.3. The summed E-state index contributed by atoms with van der Waals surface area (Å²) < 4.78 is 5.52. The zero-order valence-corrected chi connectivity index (χ0v) is 19.8. The molecule has 0 aliphatic rings. The van der Waals surface area contributed by atoms with Crippen LogP contribution in [0.5, 0.6) is 0 Å². The van der Waals surface area contributed by atoms with Crippen LogP contribution in [-0.4, -0.2) is 23.8 Å². The van der Waals surface area contributed by atoms with Gasteiger partial charge in [0.2, 0.25) is 0 Å². The SMILES string of the molecule is CCOC(=O)C(C(=O)Nc1ccccc1)=P(c1ccccc1)(c1ccccc1)c1ccccc1. The number of nitrogens with one attached hydrogen (secondary N) is 1. The lowest BCUT2D eigenvalue weighted by Crippen LogP contribution is -2.40. The van der Waals surface area contributed by atoms with Gasteiger partial charge in [-0.2, -0.15) is 0 Å². The Hall–Kier alpha value is -3.88. The van der Waals surface area contributed by atoms with Crippen LogP contribution in [0.4, 0.5) is 5.69 Å². The highest BCUT2D eigenvalue weighted by Crippen LogP contribution is 2.46. The van der Waals surface area contributed by atoms with Crippen molar-refractivity contribution in [1.82, 2.24) is 0 Å². The van der Waals surface area contributed by atoms with E-state index in [0.29, 0.717) is 5.69 Å². The maximum atomic E-state index is 14.0. The predicted molar refractivity (Wildman–Crippen MR) is 142 cm³/mol. The number of ether oxygens (including phenoxy) is 1. The van der Waals surface area contributed by atoms with E-state index >= 15 is 0 Å². The zero-order chi connectivity index (χ0) is 23.8. The van der Waals surface area contributed by atoms with Crippen molar-refractivity contribution >= 4 is 45.7 Å². The summed E-state index contributed by atoms with van der Waals surface area (Å²) in [5.41, 5.74) is 0.613. The third-order valence-electron chi connectivity index (χ3n) is 5.48. The Kier molecular flexibility index (Phi) is 7.41. The van der Waals surface area contributed by atoms with Crippen LogP contribution < -0.4 is 21.2 Å². The van der Waals surface area contributed by atoms with Gasteiger partial charge in [-0.1, -0.05) is 109 Å². The van der Waals surface area contributed by atoms with Crippen molar-refractivity contribution in [2.45, 2.75) is 6.92 Å². The van der Waals surface area contributed by atoms with Crippen molar-refractivity contribution in [3.8, 4) is 0 Å². The number of hydrogen-bond donors (Lipinski definition) is 1. The molecule has 1 amide bonds. The molecule has 0 aromatic heterocycles. The van der Waals surface area contributed by atoms with Crippen LogP contribution in [0.2, 0.25) is 0 Å². The first-order valence-electron chi connectivity index (χ1n) is 11.1. The third kappa shape index (κ3) is 4.59. The van der Waals surface area contributed by atoms with E-state index in [1.165, 1.54) is 0 Å². The molecule has 4 rings (SSSR count). The molecule has 4 nitrogen and oxygen atoms in total. The van der Waals surface area contributed by atoms with Crippen molar-refractivity contribution in [2.75, 3.05) is 11.9 Å². The number of anilines is 1. The van der Waals surface area contributed by atoms with Gasteiger partial charge in [0, 0.05) is 5.69 Å². The minimum Gasteiger partial charge on any atom is -0.462 e. The van der Waals surface area contributed by atoms with Crippen molar-refractivity contribution in [1.29, 1.82) is 0 Å². The fourth-order valence-electron chi connectivity index (χ4n) is 4.08. The van der Waals surface area contributed by atoms with E-state index in [-0.39, 0.29) is 11.9 Å². The summed E-state index contributed by atoms with van der Waals surface area (Å²) in [6.45, 7) is -0.998. The van der Waals surface area contributed by atoms with Gasteiger partial charge < -0.3 is 10.1 Å². The minimum atomic E-state index is -2.91. The minimum absolute atomic E-state index is 0.113. The Balaban J connectivity index is 2.16. The highest BCUT2D eigenvalue weighted by molar-refractivity contribution is 7.97. The van der Waals surface area contributed by atoms with E-state index in [1.54, 1.807) is 19.1 Å². The van der Waals surface area contributed by atoms with Gasteiger partial charge in [-0.15, -0.1) is 0 Å². The molecule has 1 N–H and O–H groups in total. The number of carbonyl (C=O) groups excluding carboxylic acids is 2. The number of para-hydroxylation sites is 1. The molecule has 5 heteroatoms. The summed E-state index contributed by atoms with van der Waals surface area (Å²) in [7, 11) is 0. The Morgan fingerprint density at radius 3 is 1.41 bits per heavy atom. The molecule has 0 radical (unpaired) electrons. The molecule has 0 atom stereocenters. The van der Waals surface area contributed by atoms with E-state index in [1.807, 2.05) is 109 Å². The molecule has 0 bridgehead atoms. The number of esters is 1. The number of hydrogen-bond acceptors (Lipinski definition) is 3. The highest BCUT2D eigenvalue weighted by Gasteiger charge is 2.37. The quantitative estimate of drug-likeness (QED) is 0.250. The second-order valence-electron chi connectivity index (χ2n) is 7.57. The van der Waals surface area contributed by atoms with Crippen molar-refractivity contribution in [3.63, 3.8) is 0 Å². The van der Waals surface area contributed by atoms with E-state index < -0.39 is 18.8 Å². The molecule has 34 heavy (non-hydrogen) atoms. The maximum Gasteiger partial charge on any atom is 0.344 e. The molecule has 0 aliphatic heterocycles. The van der Waals surface area contributed by atoms with Crippen molar-refractivity contribution < 1.29 is 14.3 Å². The van der Waals surface area contributed by atoms with Crippen LogP contribution in [0, 0.1) is 0 Å². The topological polar surface area (TPSA) is 55.4 Å². The normalized spacial score (nSPS) is 10.9. The fourth-order valence-corrected chi connectivity index (χ4v) is 8.31. The summed E-state index contributed by atoms with van der Waals surface area (Å²) in [5.74, 6) is -1.07. The van der Waals surface area contributed by atoms with E-state index in [4.69, 9.17) is 4.74 Å². The van der Waals surface area contributed by atoms with E-state index in [9.17, 15) is 9.59 Å². The molecule has 0 aliphatic carbocycles. The molecule has 0 saturated carbocycles. The largest absolute Gasteiger partial charge is 0.462 e. The molecule has 0 saturated heterocycles. The summed E-state index contributed by atoms with van der Waals surface area (Å²) in [6.07, 6.45) is 0. The van der Waals surface area contributed by atoms with Gasteiger partial charge in [0.15, 0.2) is 0 Å². The standard InChI is InChI=1S/C29H26NO3P/c1-2-33-29(32)27(28(31)30-23-15-7-3-8-16-23)34(24-17-9-4-10-18-24,25-19-11-5-12-20-25)26-21-13-6-14-22-26/h3-22H,2H2,1H3,(H,30,31). The Labute approximate surface area is 200 Å². The number of rotatable bonds is 7. The summed E-state index contributed by atoms with van der Waals surface area (Å²) in [5, 5.41) is 5.76. The lowest BCUT2D eigenvalue weighted by atomic mass is 10.3. The fraction of sp³-hybridized carbons (Fsp3) is 0.0690. The lowest BCUT2D eigenvalue weighted by molar-refractivity contribution is -0.135. The summed E-state index contributed by atoms with van der Waals surface area (Å²) in [6, 6.07) is 38.5. The first-order chi connectivity index (χ1) is 16.7. The molecule has 4 aromatic rings. The van der Waals surface area contributed by atoms with Gasteiger partial charge >= 0.3 is 5.97 Å². The van der Waals surface area contributed by atoms with E-state index in [0.717, 1.165) is 15.9 Å². The number of carbonyl (C=O) groups is 2. The monoisotopic (exact) mass is 467 g/mol. The highest BCUT2D eigenvalue weighted by atomic mass is 31.2. The lowest BCUT2D eigenvalue weighted by Gasteiger charge is -2.31. The zero-order valence-electron chi connectivity index (χ0n) is 18.9. The third-order valence-corrected chi connectivity index (χ3v) is 9.76. The van der Waals surface area contributed by atoms with Crippen LogP contribution in [0.25, 0.3) is 0 Å². The summed E-state index contributed by atoms with van der Waals surface area (Å²) in [4.78, 5) is 27.6. The molecule has 0 spiro atoms. The molecular formula is C29H26NO3P. The second-order valence-corrected chi connectivity index (χ2v) is 10.9. The van der Waals surface area contributed by atoms with Gasteiger partial charge in [0.25, 0.3) is 5.91 Å². The van der Waals surface area contributed by atoms with Gasteiger partial charge in [0.1, 0.15) is 5.29 Å². The molecule has 170 valence electrons. The van der Waals surface area contributed by atoms with Crippen molar-refractivity contribution in [3.05, 3.63) is 121 Å². The predicted octanol–water partition coefficient (Wildman–Crippen LogP) is 4.35. The molecule has 0 unspecified atom stereocenters. The second kappa shape index (κ2) is 10.8. The van der Waals surface area contributed by atoms with Crippen molar-refractivity contribution in [2.24, 2.45) is 0 Å². The number of amides is 1. The van der Waals surface area contributed by atoms with Gasteiger partial charge in [-0.3, -0.25) is 4.79 Å². The Bertz CT molecular complexity index is 1200. The van der Waals surface area contributed by atoms with Gasteiger partial charge in [0.05, 0.1) is 6.61 Å². The smallest absolute Gasteiger partial charge is 0.344 e. The van der Waals surface area contributed by atoms with E-state index in [2.05, 4.69) is 5.32 Å². The number of benzene rings is 4. The Morgan fingerprint density at radius 1 is 0.647 bits per heavy atom. The first-order valence-corrected chi connectivity index (χ1v) is 12.9. The Morgan fingerprint density at radius 2 is 1.03 bits per heavy atom. The van der Waals surface area contributed by atoms with Crippen LogP contribution in [0.3, 0.4) is 0 Å².